The monoisotopic (exact) mass is 418 g/mol. The van der Waals surface area contributed by atoms with E-state index in [4.69, 9.17) is 0 Å². The Hall–Kier alpha value is -1.40. The Bertz CT molecular complexity index is 822. The van der Waals surface area contributed by atoms with E-state index in [0.29, 0.717) is 35.9 Å². The van der Waals surface area contributed by atoms with E-state index in [2.05, 4.69) is 47.9 Å². The Balaban J connectivity index is 1.35. The summed E-state index contributed by atoms with van der Waals surface area (Å²) >= 11 is 0. The lowest BCUT2D eigenvalue weighted by atomic mass is 9.93. The number of benzene rings is 1. The molecule has 1 amide bonds. The van der Waals surface area contributed by atoms with Crippen molar-refractivity contribution in [3.8, 4) is 0 Å². The first kappa shape index (κ1) is 20.9. The number of nitrogens with zero attached hydrogens (tertiary/aromatic N) is 2. The average molecular weight is 419 g/mol. The molecule has 5 nitrogen and oxygen atoms in total. The van der Waals surface area contributed by atoms with Crippen molar-refractivity contribution in [1.29, 1.82) is 0 Å². The number of rotatable bonds is 6. The standard InChI is InChI=1S/C23H34N2O3S/c1-17(2)19-5-3-18(4-6-19)15-25(21-7-8-21)23(26)20-9-12-24(13-10-20)22-11-14-29(27,28)16-22/h3-6,17,20-22H,7-16H2,1-2H3. The first-order valence-electron chi connectivity index (χ1n) is 11.2. The molecule has 1 unspecified atom stereocenters. The summed E-state index contributed by atoms with van der Waals surface area (Å²) in [6.45, 7) is 6.80. The number of hydrogen-bond donors (Lipinski definition) is 0. The van der Waals surface area contributed by atoms with Gasteiger partial charge in [-0.2, -0.15) is 0 Å². The van der Waals surface area contributed by atoms with Crippen molar-refractivity contribution in [2.75, 3.05) is 24.6 Å². The average Bonchev–Trinajstić information content (AvgIpc) is 3.48. The summed E-state index contributed by atoms with van der Waals surface area (Å²) in [7, 11) is -2.85. The fourth-order valence-corrected chi connectivity index (χ4v) is 6.55. The molecule has 3 aliphatic rings. The molecule has 1 atom stereocenters. The van der Waals surface area contributed by atoms with Gasteiger partial charge in [0.25, 0.3) is 0 Å². The van der Waals surface area contributed by atoms with Crippen LogP contribution in [0.25, 0.3) is 0 Å². The third-order valence-corrected chi connectivity index (χ3v) is 8.62. The van der Waals surface area contributed by atoms with E-state index in [1.807, 2.05) is 0 Å². The lowest BCUT2D eigenvalue weighted by molar-refractivity contribution is -0.138. The van der Waals surface area contributed by atoms with E-state index in [-0.39, 0.29) is 12.0 Å². The first-order chi connectivity index (χ1) is 13.8. The molecule has 1 aromatic rings. The van der Waals surface area contributed by atoms with Crippen LogP contribution in [0.4, 0.5) is 0 Å². The Kier molecular flexibility index (Phi) is 6.03. The van der Waals surface area contributed by atoms with Crippen LogP contribution in [0.15, 0.2) is 24.3 Å². The quantitative estimate of drug-likeness (QED) is 0.712. The number of carbonyl (C=O) groups excluding carboxylic acids is 1. The highest BCUT2D eigenvalue weighted by Gasteiger charge is 2.39. The van der Waals surface area contributed by atoms with Gasteiger partial charge in [-0.25, -0.2) is 8.42 Å². The van der Waals surface area contributed by atoms with Gasteiger partial charge in [0.1, 0.15) is 0 Å². The van der Waals surface area contributed by atoms with Crippen molar-refractivity contribution in [1.82, 2.24) is 9.80 Å². The second-order valence-electron chi connectivity index (χ2n) is 9.46. The highest BCUT2D eigenvalue weighted by Crippen LogP contribution is 2.33. The van der Waals surface area contributed by atoms with Gasteiger partial charge in [-0.15, -0.1) is 0 Å². The van der Waals surface area contributed by atoms with Gasteiger partial charge in [-0.3, -0.25) is 9.69 Å². The van der Waals surface area contributed by atoms with Crippen LogP contribution in [0.2, 0.25) is 0 Å². The van der Waals surface area contributed by atoms with Crippen LogP contribution in [-0.4, -0.2) is 60.8 Å². The lowest BCUT2D eigenvalue weighted by Crippen LogP contribution is -2.46. The molecule has 29 heavy (non-hydrogen) atoms. The topological polar surface area (TPSA) is 57.7 Å². The van der Waals surface area contributed by atoms with Gasteiger partial charge in [0.2, 0.25) is 5.91 Å². The predicted molar refractivity (Wildman–Crippen MR) is 115 cm³/mol. The largest absolute Gasteiger partial charge is 0.335 e. The van der Waals surface area contributed by atoms with E-state index in [9.17, 15) is 13.2 Å². The minimum absolute atomic E-state index is 0.0831. The molecule has 160 valence electrons. The number of piperidine rings is 1. The molecule has 1 aromatic carbocycles. The summed E-state index contributed by atoms with van der Waals surface area (Å²) < 4.78 is 23.5. The number of carbonyl (C=O) groups is 1. The van der Waals surface area contributed by atoms with E-state index in [1.54, 1.807) is 0 Å². The van der Waals surface area contributed by atoms with Crippen LogP contribution in [0.3, 0.4) is 0 Å². The number of sulfone groups is 1. The van der Waals surface area contributed by atoms with Crippen molar-refractivity contribution in [2.45, 2.75) is 70.5 Å². The number of amides is 1. The second kappa shape index (κ2) is 8.38. The van der Waals surface area contributed by atoms with E-state index in [0.717, 1.165) is 45.2 Å². The van der Waals surface area contributed by atoms with Crippen LogP contribution in [0.5, 0.6) is 0 Å². The van der Waals surface area contributed by atoms with Crippen molar-refractivity contribution in [3.05, 3.63) is 35.4 Å². The number of hydrogen-bond acceptors (Lipinski definition) is 4. The molecule has 0 bridgehead atoms. The fraction of sp³-hybridized carbons (Fsp3) is 0.696. The predicted octanol–water partition coefficient (Wildman–Crippen LogP) is 3.20. The molecule has 1 aliphatic carbocycles. The molecule has 0 radical (unpaired) electrons. The lowest BCUT2D eigenvalue weighted by Gasteiger charge is -2.37. The van der Waals surface area contributed by atoms with Crippen LogP contribution < -0.4 is 0 Å². The summed E-state index contributed by atoms with van der Waals surface area (Å²) in [6, 6.07) is 9.27. The molecule has 2 heterocycles. The smallest absolute Gasteiger partial charge is 0.226 e. The molecule has 2 saturated heterocycles. The molecular formula is C23H34N2O3S. The third-order valence-electron chi connectivity index (χ3n) is 6.87. The maximum absolute atomic E-state index is 13.3. The minimum atomic E-state index is -2.85. The summed E-state index contributed by atoms with van der Waals surface area (Å²) in [5.74, 6) is 1.53. The Morgan fingerprint density at radius 3 is 2.24 bits per heavy atom. The zero-order chi connectivity index (χ0) is 20.6. The van der Waals surface area contributed by atoms with Gasteiger partial charge < -0.3 is 4.90 Å². The van der Waals surface area contributed by atoms with Crippen LogP contribution in [0, 0.1) is 5.92 Å². The highest BCUT2D eigenvalue weighted by molar-refractivity contribution is 7.91. The molecule has 3 fully saturated rings. The van der Waals surface area contributed by atoms with E-state index < -0.39 is 9.84 Å². The Morgan fingerprint density at radius 1 is 1.07 bits per heavy atom. The van der Waals surface area contributed by atoms with Crippen LogP contribution in [-0.2, 0) is 21.2 Å². The molecule has 1 saturated carbocycles. The first-order valence-corrected chi connectivity index (χ1v) is 13.0. The molecule has 6 heteroatoms. The maximum Gasteiger partial charge on any atom is 0.226 e. The molecule has 2 aliphatic heterocycles. The fourth-order valence-electron chi connectivity index (χ4n) is 4.79. The molecule has 4 rings (SSSR count). The maximum atomic E-state index is 13.3. The summed E-state index contributed by atoms with van der Waals surface area (Å²) in [5.41, 5.74) is 2.54. The SMILES string of the molecule is CC(C)c1ccc(CN(C(=O)C2CCN(C3CCS(=O)(=O)C3)CC2)C2CC2)cc1. The highest BCUT2D eigenvalue weighted by atomic mass is 32.2. The van der Waals surface area contributed by atoms with Crippen LogP contribution >= 0.6 is 0 Å². The summed E-state index contributed by atoms with van der Waals surface area (Å²) in [6.07, 6.45) is 4.69. The minimum Gasteiger partial charge on any atom is -0.335 e. The summed E-state index contributed by atoms with van der Waals surface area (Å²) in [4.78, 5) is 17.7. The molecular weight excluding hydrogens is 384 g/mol. The van der Waals surface area contributed by atoms with Gasteiger partial charge >= 0.3 is 0 Å². The third kappa shape index (κ3) is 5.02. The Labute approximate surface area is 175 Å². The normalized spacial score (nSPS) is 25.4. The van der Waals surface area contributed by atoms with Gasteiger partial charge in [0, 0.05) is 24.5 Å². The zero-order valence-corrected chi connectivity index (χ0v) is 18.5. The second-order valence-corrected chi connectivity index (χ2v) is 11.7. The summed E-state index contributed by atoms with van der Waals surface area (Å²) in [5, 5.41) is 0. The number of likely N-dealkylation sites (tertiary alicyclic amines) is 1. The van der Waals surface area contributed by atoms with Crippen molar-refractivity contribution in [2.24, 2.45) is 5.92 Å². The van der Waals surface area contributed by atoms with E-state index >= 15 is 0 Å². The van der Waals surface area contributed by atoms with Gasteiger partial charge in [0.05, 0.1) is 11.5 Å². The molecule has 0 aromatic heterocycles. The Morgan fingerprint density at radius 2 is 1.72 bits per heavy atom. The van der Waals surface area contributed by atoms with E-state index in [1.165, 1.54) is 11.1 Å². The van der Waals surface area contributed by atoms with Crippen molar-refractivity contribution >= 4 is 15.7 Å². The molecule has 0 N–H and O–H groups in total. The van der Waals surface area contributed by atoms with Crippen LogP contribution in [0.1, 0.15) is 63.0 Å². The van der Waals surface area contributed by atoms with Gasteiger partial charge in [-0.05, 0) is 62.2 Å². The van der Waals surface area contributed by atoms with Gasteiger partial charge in [0.15, 0.2) is 9.84 Å². The zero-order valence-electron chi connectivity index (χ0n) is 17.7. The van der Waals surface area contributed by atoms with Crippen molar-refractivity contribution < 1.29 is 13.2 Å². The molecule has 0 spiro atoms. The van der Waals surface area contributed by atoms with Crippen molar-refractivity contribution in [3.63, 3.8) is 0 Å². The van der Waals surface area contributed by atoms with Gasteiger partial charge in [-0.1, -0.05) is 38.1 Å².